The van der Waals surface area contributed by atoms with Gasteiger partial charge < -0.3 is 15.3 Å². The van der Waals surface area contributed by atoms with Crippen LogP contribution >= 0.6 is 0 Å². The number of amides is 2. The van der Waals surface area contributed by atoms with Crippen molar-refractivity contribution in [2.24, 2.45) is 5.92 Å². The fraction of sp³-hybridized carbons (Fsp3) is 0.917. The first-order valence-electron chi connectivity index (χ1n) is 6.13. The minimum Gasteiger partial charge on any atom is -0.396 e. The predicted molar refractivity (Wildman–Crippen MR) is 66.4 cm³/mol. The number of urea groups is 1. The van der Waals surface area contributed by atoms with Gasteiger partial charge in [-0.3, -0.25) is 0 Å². The molecule has 4 nitrogen and oxygen atoms in total. The molecule has 0 heterocycles. The molecule has 0 aliphatic carbocycles. The van der Waals surface area contributed by atoms with Crippen LogP contribution in [-0.2, 0) is 0 Å². The molecule has 4 heteroatoms. The topological polar surface area (TPSA) is 52.6 Å². The highest BCUT2D eigenvalue weighted by molar-refractivity contribution is 5.74. The molecule has 0 fully saturated rings. The maximum atomic E-state index is 11.7. The summed E-state index contributed by atoms with van der Waals surface area (Å²) in [5.74, 6) is 0.531. The number of carbonyl (C=O) groups is 1. The first-order chi connectivity index (χ1) is 7.51. The zero-order chi connectivity index (χ0) is 12.6. The Balaban J connectivity index is 3.85. The summed E-state index contributed by atoms with van der Waals surface area (Å²) in [4.78, 5) is 13.4. The number of hydrogen-bond donors (Lipinski definition) is 2. The number of nitrogens with zero attached hydrogens (tertiary/aromatic N) is 1. The molecule has 0 aromatic rings. The molecule has 2 amide bonds. The number of aliphatic hydroxyl groups excluding tert-OH is 1. The SMILES string of the molecule is CCC(C)CN(C)C(=O)NC(C)CCCO. The first kappa shape index (κ1) is 15.2. The number of aliphatic hydroxyl groups is 1. The summed E-state index contributed by atoms with van der Waals surface area (Å²) in [5, 5.41) is 11.6. The van der Waals surface area contributed by atoms with Crippen LogP contribution in [0.15, 0.2) is 0 Å². The smallest absolute Gasteiger partial charge is 0.317 e. The summed E-state index contributed by atoms with van der Waals surface area (Å²) in [7, 11) is 1.82. The Morgan fingerprint density at radius 3 is 2.56 bits per heavy atom. The summed E-state index contributed by atoms with van der Waals surface area (Å²) in [5.41, 5.74) is 0. The number of nitrogens with one attached hydrogen (secondary N) is 1. The molecule has 0 rings (SSSR count). The van der Waals surface area contributed by atoms with Crippen LogP contribution in [0.4, 0.5) is 4.79 Å². The van der Waals surface area contributed by atoms with Crippen molar-refractivity contribution in [1.82, 2.24) is 10.2 Å². The Morgan fingerprint density at radius 1 is 1.44 bits per heavy atom. The highest BCUT2D eigenvalue weighted by Crippen LogP contribution is 2.03. The fourth-order valence-electron chi connectivity index (χ4n) is 1.47. The van der Waals surface area contributed by atoms with E-state index in [4.69, 9.17) is 5.11 Å². The van der Waals surface area contributed by atoms with Crippen molar-refractivity contribution < 1.29 is 9.90 Å². The Morgan fingerprint density at radius 2 is 2.06 bits per heavy atom. The lowest BCUT2D eigenvalue weighted by molar-refractivity contribution is 0.196. The third-order valence-corrected chi connectivity index (χ3v) is 2.79. The third-order valence-electron chi connectivity index (χ3n) is 2.79. The van der Waals surface area contributed by atoms with E-state index in [0.29, 0.717) is 5.92 Å². The monoisotopic (exact) mass is 230 g/mol. The Kier molecular flexibility index (Phi) is 7.99. The van der Waals surface area contributed by atoms with Crippen LogP contribution in [0.1, 0.15) is 40.0 Å². The summed E-state index contributed by atoms with van der Waals surface area (Å²) in [6, 6.07) is 0.102. The van der Waals surface area contributed by atoms with E-state index >= 15 is 0 Å². The predicted octanol–water partition coefficient (Wildman–Crippen LogP) is 1.83. The van der Waals surface area contributed by atoms with E-state index in [1.807, 2.05) is 14.0 Å². The lowest BCUT2D eigenvalue weighted by Gasteiger charge is -2.23. The number of rotatable bonds is 7. The zero-order valence-corrected chi connectivity index (χ0v) is 11.0. The Bertz CT molecular complexity index is 197. The fourth-order valence-corrected chi connectivity index (χ4v) is 1.47. The zero-order valence-electron chi connectivity index (χ0n) is 11.0. The molecule has 96 valence electrons. The molecule has 0 aromatic carbocycles. The van der Waals surface area contributed by atoms with E-state index < -0.39 is 0 Å². The van der Waals surface area contributed by atoms with Gasteiger partial charge in [-0.25, -0.2) is 4.79 Å². The Hall–Kier alpha value is -0.770. The molecule has 0 bridgehead atoms. The molecule has 0 saturated heterocycles. The van der Waals surface area contributed by atoms with Gasteiger partial charge in [-0.2, -0.15) is 0 Å². The van der Waals surface area contributed by atoms with Crippen molar-refractivity contribution >= 4 is 6.03 Å². The minimum absolute atomic E-state index is 0.0225. The van der Waals surface area contributed by atoms with Crippen molar-refractivity contribution in [3.63, 3.8) is 0 Å². The van der Waals surface area contributed by atoms with Gasteiger partial charge in [0.15, 0.2) is 0 Å². The standard InChI is InChI=1S/C12H26N2O2/c1-5-10(2)9-14(4)12(16)13-11(3)7-6-8-15/h10-11,15H,5-9H2,1-4H3,(H,13,16). The van der Waals surface area contributed by atoms with Crippen LogP contribution in [0.3, 0.4) is 0 Å². The molecule has 0 spiro atoms. The summed E-state index contributed by atoms with van der Waals surface area (Å²) in [6.07, 6.45) is 2.63. The van der Waals surface area contributed by atoms with E-state index in [1.54, 1.807) is 4.90 Å². The molecule has 2 unspecified atom stereocenters. The normalized spacial score (nSPS) is 14.3. The van der Waals surface area contributed by atoms with Crippen molar-refractivity contribution in [1.29, 1.82) is 0 Å². The quantitative estimate of drug-likeness (QED) is 0.701. The lowest BCUT2D eigenvalue weighted by Crippen LogP contribution is -2.43. The van der Waals surface area contributed by atoms with E-state index in [9.17, 15) is 4.79 Å². The second-order valence-electron chi connectivity index (χ2n) is 4.61. The van der Waals surface area contributed by atoms with Gasteiger partial charge in [0.1, 0.15) is 0 Å². The van der Waals surface area contributed by atoms with Crippen LogP contribution in [-0.4, -0.2) is 42.3 Å². The van der Waals surface area contributed by atoms with Gasteiger partial charge >= 0.3 is 6.03 Å². The van der Waals surface area contributed by atoms with Crippen molar-refractivity contribution in [2.45, 2.75) is 46.1 Å². The molecule has 0 aliphatic heterocycles. The van der Waals surface area contributed by atoms with Gasteiger partial charge in [0.2, 0.25) is 0 Å². The van der Waals surface area contributed by atoms with Gasteiger partial charge in [0, 0.05) is 26.2 Å². The molecule has 0 saturated carbocycles. The van der Waals surface area contributed by atoms with Crippen molar-refractivity contribution in [3.05, 3.63) is 0 Å². The van der Waals surface area contributed by atoms with E-state index in [-0.39, 0.29) is 18.7 Å². The number of hydrogen-bond acceptors (Lipinski definition) is 2. The second-order valence-corrected chi connectivity index (χ2v) is 4.61. The maximum Gasteiger partial charge on any atom is 0.317 e. The second kappa shape index (κ2) is 8.39. The average Bonchev–Trinajstić information content (AvgIpc) is 2.25. The molecule has 2 atom stereocenters. The summed E-state index contributed by atoms with van der Waals surface area (Å²) < 4.78 is 0. The minimum atomic E-state index is -0.0225. The van der Waals surface area contributed by atoms with Crippen molar-refractivity contribution in [3.8, 4) is 0 Å². The van der Waals surface area contributed by atoms with E-state index in [0.717, 1.165) is 25.8 Å². The van der Waals surface area contributed by atoms with Gasteiger partial charge in [0.05, 0.1) is 0 Å². The molecule has 0 aliphatic rings. The first-order valence-corrected chi connectivity index (χ1v) is 6.13. The molecular formula is C12H26N2O2. The summed E-state index contributed by atoms with van der Waals surface area (Å²) in [6.45, 7) is 7.20. The van der Waals surface area contributed by atoms with Crippen LogP contribution in [0.5, 0.6) is 0 Å². The van der Waals surface area contributed by atoms with E-state index in [2.05, 4.69) is 19.2 Å². The number of carbonyl (C=O) groups excluding carboxylic acids is 1. The largest absolute Gasteiger partial charge is 0.396 e. The average molecular weight is 230 g/mol. The van der Waals surface area contributed by atoms with Crippen LogP contribution in [0.2, 0.25) is 0 Å². The van der Waals surface area contributed by atoms with Crippen molar-refractivity contribution in [2.75, 3.05) is 20.2 Å². The highest BCUT2D eigenvalue weighted by Gasteiger charge is 2.13. The summed E-state index contributed by atoms with van der Waals surface area (Å²) >= 11 is 0. The van der Waals surface area contributed by atoms with Gasteiger partial charge in [0.25, 0.3) is 0 Å². The molecule has 2 N–H and O–H groups in total. The van der Waals surface area contributed by atoms with Gasteiger partial charge in [-0.1, -0.05) is 20.3 Å². The van der Waals surface area contributed by atoms with Gasteiger partial charge in [-0.15, -0.1) is 0 Å². The lowest BCUT2D eigenvalue weighted by atomic mass is 10.1. The van der Waals surface area contributed by atoms with Crippen LogP contribution in [0, 0.1) is 5.92 Å². The van der Waals surface area contributed by atoms with Gasteiger partial charge in [-0.05, 0) is 25.7 Å². The maximum absolute atomic E-state index is 11.7. The van der Waals surface area contributed by atoms with Crippen LogP contribution in [0.25, 0.3) is 0 Å². The molecule has 0 aromatic heterocycles. The molecule has 0 radical (unpaired) electrons. The van der Waals surface area contributed by atoms with E-state index in [1.165, 1.54) is 0 Å². The molecule has 16 heavy (non-hydrogen) atoms. The third kappa shape index (κ3) is 6.67. The highest BCUT2D eigenvalue weighted by atomic mass is 16.3. The van der Waals surface area contributed by atoms with Crippen LogP contribution < -0.4 is 5.32 Å². The Labute approximate surface area is 99.0 Å². The molecular weight excluding hydrogens is 204 g/mol.